The van der Waals surface area contributed by atoms with E-state index in [4.69, 9.17) is 15.2 Å². The number of rotatable bonds is 6. The molecule has 3 aromatic rings. The van der Waals surface area contributed by atoms with Crippen molar-refractivity contribution in [2.75, 3.05) is 26.5 Å². The van der Waals surface area contributed by atoms with Gasteiger partial charge in [0.25, 0.3) is 5.91 Å². The van der Waals surface area contributed by atoms with Crippen LogP contribution in [0.3, 0.4) is 0 Å². The smallest absolute Gasteiger partial charge is 0.338 e. The molecule has 0 bridgehead atoms. The molecule has 0 aliphatic rings. The van der Waals surface area contributed by atoms with Crippen LogP contribution in [-0.2, 0) is 16.1 Å². The quantitative estimate of drug-likeness (QED) is 0.512. The van der Waals surface area contributed by atoms with Crippen LogP contribution in [-0.4, -0.2) is 37.5 Å². The number of methoxy groups -OCH3 is 1. The minimum atomic E-state index is -0.571. The van der Waals surface area contributed by atoms with Crippen LogP contribution in [0.1, 0.15) is 21.5 Å². The van der Waals surface area contributed by atoms with Gasteiger partial charge in [0.1, 0.15) is 5.75 Å². The van der Waals surface area contributed by atoms with Crippen molar-refractivity contribution < 1.29 is 19.1 Å². The first-order valence-electron chi connectivity index (χ1n) is 9.21. The minimum Gasteiger partial charge on any atom is -0.497 e. The number of likely N-dealkylation sites (N-methyl/N-ethyl adjacent to an activating group) is 1. The molecule has 0 heterocycles. The van der Waals surface area contributed by atoms with E-state index in [0.29, 0.717) is 17.8 Å². The van der Waals surface area contributed by atoms with Crippen molar-refractivity contribution in [1.29, 1.82) is 0 Å². The number of nitrogens with two attached hydrogens (primary N) is 1. The van der Waals surface area contributed by atoms with E-state index in [1.54, 1.807) is 32.4 Å². The number of amides is 1. The molecule has 0 saturated heterocycles. The van der Waals surface area contributed by atoms with Crippen LogP contribution in [0.4, 0.5) is 5.69 Å². The molecule has 29 heavy (non-hydrogen) atoms. The average Bonchev–Trinajstić information content (AvgIpc) is 2.73. The number of nitrogen functional groups attached to an aromatic ring is 1. The van der Waals surface area contributed by atoms with Crippen molar-refractivity contribution in [3.05, 3.63) is 71.3 Å². The fourth-order valence-electron chi connectivity index (χ4n) is 2.95. The summed E-state index contributed by atoms with van der Waals surface area (Å²) in [6, 6.07) is 16.8. The van der Waals surface area contributed by atoms with E-state index in [9.17, 15) is 9.59 Å². The lowest BCUT2D eigenvalue weighted by molar-refractivity contribution is -0.133. The fourth-order valence-corrected chi connectivity index (χ4v) is 2.95. The molecule has 0 aliphatic heterocycles. The Labute approximate surface area is 169 Å². The number of carbonyl (C=O) groups is 2. The number of ether oxygens (including phenoxy) is 2. The Morgan fingerprint density at radius 2 is 1.72 bits per heavy atom. The highest BCUT2D eigenvalue weighted by atomic mass is 16.5. The second kappa shape index (κ2) is 8.65. The Morgan fingerprint density at radius 3 is 2.45 bits per heavy atom. The molecule has 0 aromatic heterocycles. The van der Waals surface area contributed by atoms with Gasteiger partial charge in [0.2, 0.25) is 0 Å². The lowest BCUT2D eigenvalue weighted by atomic mass is 10.1. The molecule has 2 N–H and O–H groups in total. The maximum atomic E-state index is 12.4. The maximum Gasteiger partial charge on any atom is 0.338 e. The van der Waals surface area contributed by atoms with Gasteiger partial charge in [0, 0.05) is 19.3 Å². The monoisotopic (exact) mass is 392 g/mol. The van der Waals surface area contributed by atoms with Gasteiger partial charge in [-0.1, -0.05) is 24.3 Å². The highest BCUT2D eigenvalue weighted by Gasteiger charge is 2.14. The van der Waals surface area contributed by atoms with E-state index in [1.807, 2.05) is 43.3 Å². The predicted molar refractivity (Wildman–Crippen MR) is 113 cm³/mol. The molecular weight excluding hydrogens is 368 g/mol. The van der Waals surface area contributed by atoms with Gasteiger partial charge < -0.3 is 20.1 Å². The van der Waals surface area contributed by atoms with E-state index >= 15 is 0 Å². The van der Waals surface area contributed by atoms with Gasteiger partial charge in [-0.25, -0.2) is 4.79 Å². The lowest BCUT2D eigenvalue weighted by Crippen LogP contribution is -2.30. The van der Waals surface area contributed by atoms with Crippen molar-refractivity contribution >= 4 is 28.3 Å². The summed E-state index contributed by atoms with van der Waals surface area (Å²) in [5.41, 5.74) is 8.52. The first-order valence-corrected chi connectivity index (χ1v) is 9.21. The van der Waals surface area contributed by atoms with Crippen LogP contribution in [0.25, 0.3) is 10.8 Å². The Balaban J connectivity index is 1.59. The van der Waals surface area contributed by atoms with E-state index in [1.165, 1.54) is 4.90 Å². The summed E-state index contributed by atoms with van der Waals surface area (Å²) in [5, 5.41) is 2.13. The van der Waals surface area contributed by atoms with Crippen LogP contribution in [0.2, 0.25) is 0 Å². The number of hydrogen-bond donors (Lipinski definition) is 1. The topological polar surface area (TPSA) is 81.9 Å². The highest BCUT2D eigenvalue weighted by molar-refractivity contribution is 5.92. The Kier molecular flexibility index (Phi) is 6.02. The van der Waals surface area contributed by atoms with Gasteiger partial charge >= 0.3 is 5.97 Å². The standard InChI is InChI=1S/C23H24N2O4/c1-15-4-6-19(12-21(15)24)23(27)29-14-22(26)25(2)13-16-5-7-18-11-20(28-3)9-8-17(18)10-16/h4-12H,13-14,24H2,1-3H3. The number of benzene rings is 3. The molecule has 0 saturated carbocycles. The molecule has 0 aliphatic carbocycles. The van der Waals surface area contributed by atoms with Crippen LogP contribution >= 0.6 is 0 Å². The third-order valence-corrected chi connectivity index (χ3v) is 4.80. The van der Waals surface area contributed by atoms with Crippen LogP contribution < -0.4 is 10.5 Å². The van der Waals surface area contributed by atoms with E-state index in [2.05, 4.69) is 0 Å². The third-order valence-electron chi connectivity index (χ3n) is 4.80. The Morgan fingerprint density at radius 1 is 1.00 bits per heavy atom. The first-order chi connectivity index (χ1) is 13.9. The van der Waals surface area contributed by atoms with Crippen molar-refractivity contribution in [3.8, 4) is 5.75 Å². The average molecular weight is 392 g/mol. The molecular formula is C23H24N2O4. The van der Waals surface area contributed by atoms with Gasteiger partial charge in [-0.3, -0.25) is 4.79 Å². The number of carbonyl (C=O) groups excluding carboxylic acids is 2. The first kappa shape index (κ1) is 20.2. The second-order valence-corrected chi connectivity index (χ2v) is 6.94. The summed E-state index contributed by atoms with van der Waals surface area (Å²) in [7, 11) is 3.31. The second-order valence-electron chi connectivity index (χ2n) is 6.94. The maximum absolute atomic E-state index is 12.4. The van der Waals surface area contributed by atoms with Crippen molar-refractivity contribution in [2.45, 2.75) is 13.5 Å². The van der Waals surface area contributed by atoms with Gasteiger partial charge in [-0.05, 0) is 59.2 Å². The molecule has 0 spiro atoms. The summed E-state index contributed by atoms with van der Waals surface area (Å²) in [4.78, 5) is 26.0. The summed E-state index contributed by atoms with van der Waals surface area (Å²) >= 11 is 0. The molecule has 150 valence electrons. The normalized spacial score (nSPS) is 10.6. The molecule has 0 unspecified atom stereocenters. The Bertz CT molecular complexity index is 1060. The van der Waals surface area contributed by atoms with Gasteiger partial charge in [0.05, 0.1) is 12.7 Å². The number of hydrogen-bond acceptors (Lipinski definition) is 5. The molecule has 0 radical (unpaired) electrons. The summed E-state index contributed by atoms with van der Waals surface area (Å²) < 4.78 is 10.4. The van der Waals surface area contributed by atoms with Gasteiger partial charge in [-0.2, -0.15) is 0 Å². The summed E-state index contributed by atoms with van der Waals surface area (Å²) in [6.45, 7) is 1.94. The molecule has 3 rings (SSSR count). The SMILES string of the molecule is COc1ccc2cc(CN(C)C(=O)COC(=O)c3ccc(C)c(N)c3)ccc2c1. The predicted octanol–water partition coefficient (Wildman–Crippen LogP) is 3.55. The summed E-state index contributed by atoms with van der Waals surface area (Å²) in [6.07, 6.45) is 0. The zero-order valence-corrected chi connectivity index (χ0v) is 16.8. The molecule has 3 aromatic carbocycles. The van der Waals surface area contributed by atoms with Crippen molar-refractivity contribution in [2.24, 2.45) is 0 Å². The molecule has 6 heteroatoms. The van der Waals surface area contributed by atoms with Crippen LogP contribution in [0.5, 0.6) is 5.75 Å². The van der Waals surface area contributed by atoms with Crippen LogP contribution in [0.15, 0.2) is 54.6 Å². The molecule has 0 fully saturated rings. The largest absolute Gasteiger partial charge is 0.497 e. The van der Waals surface area contributed by atoms with Gasteiger partial charge in [-0.15, -0.1) is 0 Å². The highest BCUT2D eigenvalue weighted by Crippen LogP contribution is 2.22. The lowest BCUT2D eigenvalue weighted by Gasteiger charge is -2.18. The summed E-state index contributed by atoms with van der Waals surface area (Å²) in [5.74, 6) is -0.0546. The molecule has 0 atom stereocenters. The fraction of sp³-hybridized carbons (Fsp3) is 0.217. The minimum absolute atomic E-state index is 0.284. The number of anilines is 1. The van der Waals surface area contributed by atoms with Crippen molar-refractivity contribution in [3.63, 3.8) is 0 Å². The Hall–Kier alpha value is -3.54. The van der Waals surface area contributed by atoms with E-state index in [0.717, 1.165) is 27.6 Å². The van der Waals surface area contributed by atoms with Crippen molar-refractivity contribution in [1.82, 2.24) is 4.90 Å². The van der Waals surface area contributed by atoms with E-state index < -0.39 is 5.97 Å². The zero-order valence-electron chi connectivity index (χ0n) is 16.8. The number of aryl methyl sites for hydroxylation is 1. The van der Waals surface area contributed by atoms with E-state index in [-0.39, 0.29) is 12.5 Å². The zero-order chi connectivity index (χ0) is 21.0. The van der Waals surface area contributed by atoms with Gasteiger partial charge in [0.15, 0.2) is 6.61 Å². The van der Waals surface area contributed by atoms with Crippen LogP contribution in [0, 0.1) is 6.92 Å². The molecule has 6 nitrogen and oxygen atoms in total. The molecule has 1 amide bonds. The number of esters is 1. The number of nitrogens with zero attached hydrogens (tertiary/aromatic N) is 1. The third kappa shape index (κ3) is 4.85. The number of fused-ring (bicyclic) bond motifs is 1.